The van der Waals surface area contributed by atoms with E-state index in [4.69, 9.17) is 18.9 Å². The molecule has 0 saturated carbocycles. The average molecular weight is 333 g/mol. The number of nitrogens with one attached hydrogen (secondary N) is 1. The van der Waals surface area contributed by atoms with E-state index in [2.05, 4.69) is 17.4 Å². The predicted octanol–water partition coefficient (Wildman–Crippen LogP) is 2.67. The molecule has 1 N–H and O–H groups in total. The summed E-state index contributed by atoms with van der Waals surface area (Å²) in [5, 5.41) is 3.71. The molecule has 1 spiro atoms. The van der Waals surface area contributed by atoms with E-state index in [1.807, 2.05) is 6.07 Å². The summed E-state index contributed by atoms with van der Waals surface area (Å²) >= 11 is 0. The van der Waals surface area contributed by atoms with Crippen molar-refractivity contribution in [1.82, 2.24) is 5.32 Å². The summed E-state index contributed by atoms with van der Waals surface area (Å²) < 4.78 is 23.1. The van der Waals surface area contributed by atoms with Gasteiger partial charge in [-0.2, -0.15) is 0 Å². The molecule has 5 nitrogen and oxygen atoms in total. The Morgan fingerprint density at radius 1 is 1.00 bits per heavy atom. The fraction of sp³-hybridized carbons (Fsp3) is 0.684. The lowest BCUT2D eigenvalue weighted by atomic mass is 9.84. The standard InChI is InChI=1S/C19H27NO4/c1-7-22-17-3-2-15(12-18(17)23-8-1)14-20-16-4-9-24-19(13-16)5-10-21-11-6-19/h2-3,12,16,20H,1,4-11,13-14H2/t16-/m0/s1. The number of hydrogen-bond donors (Lipinski definition) is 1. The van der Waals surface area contributed by atoms with E-state index in [0.29, 0.717) is 6.04 Å². The molecule has 0 aromatic heterocycles. The van der Waals surface area contributed by atoms with Gasteiger partial charge in [-0.1, -0.05) is 6.07 Å². The van der Waals surface area contributed by atoms with Gasteiger partial charge in [0.2, 0.25) is 0 Å². The Morgan fingerprint density at radius 2 is 1.83 bits per heavy atom. The highest BCUT2D eigenvalue weighted by atomic mass is 16.5. The normalized spacial score (nSPS) is 26.1. The number of benzene rings is 1. The first-order chi connectivity index (χ1) is 11.8. The summed E-state index contributed by atoms with van der Waals surface area (Å²) in [5.74, 6) is 1.74. The Morgan fingerprint density at radius 3 is 2.71 bits per heavy atom. The third-order valence-corrected chi connectivity index (χ3v) is 5.30. The largest absolute Gasteiger partial charge is 0.490 e. The molecular weight excluding hydrogens is 306 g/mol. The second-order valence-electron chi connectivity index (χ2n) is 7.05. The van der Waals surface area contributed by atoms with Crippen molar-refractivity contribution in [2.45, 2.75) is 50.3 Å². The Balaban J connectivity index is 1.35. The summed E-state index contributed by atoms with van der Waals surface area (Å²) in [7, 11) is 0. The molecule has 0 bridgehead atoms. The quantitative estimate of drug-likeness (QED) is 0.921. The SMILES string of the molecule is c1cc2c(cc1CN[C@H]1CCOC3(CCOCC3)C1)OCCCO2. The van der Waals surface area contributed by atoms with Gasteiger partial charge in [-0.3, -0.25) is 0 Å². The van der Waals surface area contributed by atoms with Crippen molar-refractivity contribution in [3.63, 3.8) is 0 Å². The second kappa shape index (κ2) is 7.30. The third-order valence-electron chi connectivity index (χ3n) is 5.30. The highest BCUT2D eigenvalue weighted by molar-refractivity contribution is 5.43. The molecule has 1 aromatic carbocycles. The first kappa shape index (κ1) is 16.2. The van der Waals surface area contributed by atoms with Crippen LogP contribution >= 0.6 is 0 Å². The zero-order valence-corrected chi connectivity index (χ0v) is 14.2. The van der Waals surface area contributed by atoms with Crippen molar-refractivity contribution in [3.05, 3.63) is 23.8 Å². The molecule has 1 atom stereocenters. The molecular formula is C19H27NO4. The molecule has 132 valence electrons. The number of rotatable bonds is 3. The lowest BCUT2D eigenvalue weighted by Crippen LogP contribution is -2.49. The summed E-state index contributed by atoms with van der Waals surface area (Å²) in [6.07, 6.45) is 5.15. The minimum atomic E-state index is 0.0406. The van der Waals surface area contributed by atoms with Crippen LogP contribution in [-0.4, -0.2) is 44.7 Å². The lowest BCUT2D eigenvalue weighted by Gasteiger charge is -2.43. The monoisotopic (exact) mass is 333 g/mol. The fourth-order valence-corrected chi connectivity index (χ4v) is 3.87. The van der Waals surface area contributed by atoms with Crippen molar-refractivity contribution in [2.24, 2.45) is 0 Å². The number of fused-ring (bicyclic) bond motifs is 1. The van der Waals surface area contributed by atoms with Crippen molar-refractivity contribution < 1.29 is 18.9 Å². The molecule has 3 aliphatic rings. The predicted molar refractivity (Wildman–Crippen MR) is 90.6 cm³/mol. The Bertz CT molecular complexity index is 551. The van der Waals surface area contributed by atoms with E-state index in [1.165, 1.54) is 5.56 Å². The zero-order valence-electron chi connectivity index (χ0n) is 14.2. The van der Waals surface area contributed by atoms with Crippen LogP contribution in [0.15, 0.2) is 18.2 Å². The molecule has 4 rings (SSSR count). The lowest BCUT2D eigenvalue weighted by molar-refractivity contribution is -0.140. The summed E-state index contributed by atoms with van der Waals surface area (Å²) in [5.41, 5.74) is 1.28. The third kappa shape index (κ3) is 3.68. The second-order valence-corrected chi connectivity index (χ2v) is 7.05. The van der Waals surface area contributed by atoms with Crippen LogP contribution in [-0.2, 0) is 16.0 Å². The van der Waals surface area contributed by atoms with E-state index < -0.39 is 0 Å². The van der Waals surface area contributed by atoms with Crippen molar-refractivity contribution in [2.75, 3.05) is 33.0 Å². The van der Waals surface area contributed by atoms with Crippen LogP contribution in [0.1, 0.15) is 37.7 Å². The van der Waals surface area contributed by atoms with Gasteiger partial charge in [-0.15, -0.1) is 0 Å². The van der Waals surface area contributed by atoms with Crippen LogP contribution in [0.3, 0.4) is 0 Å². The van der Waals surface area contributed by atoms with Gasteiger partial charge in [0.1, 0.15) is 0 Å². The minimum absolute atomic E-state index is 0.0406. The van der Waals surface area contributed by atoms with Crippen molar-refractivity contribution in [3.8, 4) is 11.5 Å². The van der Waals surface area contributed by atoms with Gasteiger partial charge in [0.05, 0.1) is 18.8 Å². The highest BCUT2D eigenvalue weighted by Gasteiger charge is 2.38. The molecule has 1 aromatic rings. The van der Waals surface area contributed by atoms with Gasteiger partial charge in [0.15, 0.2) is 11.5 Å². The molecule has 0 aliphatic carbocycles. The van der Waals surface area contributed by atoms with E-state index in [9.17, 15) is 0 Å². The Kier molecular flexibility index (Phi) is 4.92. The Labute approximate surface area is 143 Å². The number of hydrogen-bond acceptors (Lipinski definition) is 5. The van der Waals surface area contributed by atoms with E-state index >= 15 is 0 Å². The van der Waals surface area contributed by atoms with Crippen LogP contribution in [0.5, 0.6) is 11.5 Å². The maximum absolute atomic E-state index is 6.12. The fourth-order valence-electron chi connectivity index (χ4n) is 3.87. The van der Waals surface area contributed by atoms with Gasteiger partial charge in [0.25, 0.3) is 0 Å². The number of ether oxygens (including phenoxy) is 4. The molecule has 0 radical (unpaired) electrons. The zero-order chi connectivity index (χ0) is 16.2. The van der Waals surface area contributed by atoms with Crippen molar-refractivity contribution >= 4 is 0 Å². The van der Waals surface area contributed by atoms with Crippen LogP contribution in [0.25, 0.3) is 0 Å². The molecule has 24 heavy (non-hydrogen) atoms. The van der Waals surface area contributed by atoms with Gasteiger partial charge >= 0.3 is 0 Å². The van der Waals surface area contributed by atoms with Gasteiger partial charge < -0.3 is 24.3 Å². The van der Waals surface area contributed by atoms with E-state index in [1.54, 1.807) is 0 Å². The smallest absolute Gasteiger partial charge is 0.161 e. The molecule has 5 heteroatoms. The van der Waals surface area contributed by atoms with Crippen LogP contribution in [0.2, 0.25) is 0 Å². The minimum Gasteiger partial charge on any atom is -0.490 e. The molecule has 2 fully saturated rings. The van der Waals surface area contributed by atoms with Crippen LogP contribution in [0.4, 0.5) is 0 Å². The van der Waals surface area contributed by atoms with Crippen LogP contribution < -0.4 is 14.8 Å². The molecule has 2 saturated heterocycles. The van der Waals surface area contributed by atoms with Gasteiger partial charge in [-0.05, 0) is 43.4 Å². The van der Waals surface area contributed by atoms with E-state index in [-0.39, 0.29) is 5.60 Å². The highest BCUT2D eigenvalue weighted by Crippen LogP contribution is 2.35. The maximum Gasteiger partial charge on any atom is 0.161 e. The van der Waals surface area contributed by atoms with Gasteiger partial charge in [-0.25, -0.2) is 0 Å². The summed E-state index contributed by atoms with van der Waals surface area (Å²) in [4.78, 5) is 0. The Hall–Kier alpha value is -1.30. The maximum atomic E-state index is 6.12. The van der Waals surface area contributed by atoms with Gasteiger partial charge in [0, 0.05) is 38.8 Å². The molecule has 0 amide bonds. The summed E-state index contributed by atoms with van der Waals surface area (Å²) in [6, 6.07) is 6.77. The van der Waals surface area contributed by atoms with Crippen molar-refractivity contribution in [1.29, 1.82) is 0 Å². The first-order valence-electron chi connectivity index (χ1n) is 9.17. The average Bonchev–Trinajstić information content (AvgIpc) is 2.86. The molecule has 0 unspecified atom stereocenters. The van der Waals surface area contributed by atoms with Crippen LogP contribution in [0, 0.1) is 0 Å². The molecule has 3 heterocycles. The summed E-state index contributed by atoms with van der Waals surface area (Å²) in [6.45, 7) is 4.82. The topological polar surface area (TPSA) is 49.0 Å². The molecule has 3 aliphatic heterocycles. The van der Waals surface area contributed by atoms with E-state index in [0.717, 1.165) is 83.2 Å². The first-order valence-corrected chi connectivity index (χ1v) is 9.17.